The Morgan fingerprint density at radius 3 is 2.55 bits per heavy atom. The summed E-state index contributed by atoms with van der Waals surface area (Å²) in [6.07, 6.45) is 1.44. The van der Waals surface area contributed by atoms with Gasteiger partial charge >= 0.3 is 0 Å². The fraction of sp³-hybridized carbons (Fsp3) is 0. The second-order valence-corrected chi connectivity index (χ2v) is 5.27. The summed E-state index contributed by atoms with van der Waals surface area (Å²) in [5.41, 5.74) is 1.42. The van der Waals surface area contributed by atoms with Gasteiger partial charge in [0.2, 0.25) is 5.78 Å². The highest BCUT2D eigenvalue weighted by atomic mass is 127. The molecule has 0 fully saturated rings. The van der Waals surface area contributed by atoms with Crippen molar-refractivity contribution in [3.63, 3.8) is 0 Å². The summed E-state index contributed by atoms with van der Waals surface area (Å²) in [5, 5.41) is 12.1. The van der Waals surface area contributed by atoms with Crippen molar-refractivity contribution in [2.24, 2.45) is 0 Å². The maximum Gasteiger partial charge on any atom is 0.205 e. The lowest BCUT2D eigenvalue weighted by Gasteiger charge is -2.02. The lowest BCUT2D eigenvalue weighted by Crippen LogP contribution is -2.04. The third-order valence-corrected chi connectivity index (χ3v) is 3.28. The van der Waals surface area contributed by atoms with Gasteiger partial charge in [-0.2, -0.15) is 5.26 Å². The molecule has 0 unspecified atom stereocenters. The molecule has 0 atom stereocenters. The summed E-state index contributed by atoms with van der Waals surface area (Å²) in [4.78, 5) is 12.2. The maximum atomic E-state index is 12.2. The van der Waals surface area contributed by atoms with E-state index in [4.69, 9.17) is 5.26 Å². The van der Waals surface area contributed by atoms with Gasteiger partial charge in [-0.1, -0.05) is 30.3 Å². The number of anilines is 1. The monoisotopic (exact) mass is 374 g/mol. The molecule has 0 heterocycles. The molecule has 4 heteroatoms. The first-order valence-corrected chi connectivity index (χ1v) is 7.00. The number of allylic oxidation sites excluding steroid dienone is 1. The Morgan fingerprint density at radius 2 is 1.90 bits per heavy atom. The topological polar surface area (TPSA) is 52.9 Å². The van der Waals surface area contributed by atoms with Crippen LogP contribution in [0.3, 0.4) is 0 Å². The second-order valence-electron chi connectivity index (χ2n) is 4.02. The van der Waals surface area contributed by atoms with Crippen molar-refractivity contribution < 1.29 is 4.79 Å². The molecular weight excluding hydrogens is 363 g/mol. The summed E-state index contributed by atoms with van der Waals surface area (Å²) < 4.78 is 0.960. The van der Waals surface area contributed by atoms with E-state index in [2.05, 4.69) is 27.9 Å². The normalized spacial score (nSPS) is 10.7. The van der Waals surface area contributed by atoms with E-state index in [0.29, 0.717) is 5.56 Å². The SMILES string of the molecule is N#C/C(=C\Nc1ccccc1)C(=O)c1cccc(I)c1. The summed E-state index contributed by atoms with van der Waals surface area (Å²) in [7, 11) is 0. The van der Waals surface area contributed by atoms with Crippen LogP contribution in [-0.2, 0) is 0 Å². The average molecular weight is 374 g/mol. The number of carbonyl (C=O) groups excluding carboxylic acids is 1. The van der Waals surface area contributed by atoms with Crippen LogP contribution in [-0.4, -0.2) is 5.78 Å². The van der Waals surface area contributed by atoms with Crippen molar-refractivity contribution >= 4 is 34.1 Å². The number of Topliss-reactive ketones (excluding diaryl/α,β-unsaturated/α-hetero) is 1. The van der Waals surface area contributed by atoms with Gasteiger partial charge < -0.3 is 5.32 Å². The molecule has 0 aliphatic rings. The first kappa shape index (κ1) is 14.3. The molecule has 0 amide bonds. The lowest BCUT2D eigenvalue weighted by molar-refractivity contribution is 0.103. The van der Waals surface area contributed by atoms with Crippen LogP contribution in [0.2, 0.25) is 0 Å². The zero-order chi connectivity index (χ0) is 14.4. The molecule has 2 aromatic carbocycles. The zero-order valence-corrected chi connectivity index (χ0v) is 12.7. The van der Waals surface area contributed by atoms with E-state index < -0.39 is 0 Å². The number of nitrogens with one attached hydrogen (secondary N) is 1. The van der Waals surface area contributed by atoms with E-state index in [9.17, 15) is 4.79 Å². The fourth-order valence-corrected chi connectivity index (χ4v) is 2.17. The number of nitrogens with zero attached hydrogens (tertiary/aromatic N) is 1. The minimum absolute atomic E-state index is 0.0795. The molecule has 0 bridgehead atoms. The van der Waals surface area contributed by atoms with E-state index in [1.165, 1.54) is 6.20 Å². The molecule has 2 rings (SSSR count). The summed E-state index contributed by atoms with van der Waals surface area (Å²) in [6.45, 7) is 0. The van der Waals surface area contributed by atoms with Crippen LogP contribution in [0.25, 0.3) is 0 Å². The third kappa shape index (κ3) is 3.68. The fourth-order valence-electron chi connectivity index (χ4n) is 1.62. The lowest BCUT2D eigenvalue weighted by atomic mass is 10.1. The van der Waals surface area contributed by atoms with Gasteiger partial charge in [-0.3, -0.25) is 4.79 Å². The van der Waals surface area contributed by atoms with Crippen molar-refractivity contribution in [2.75, 3.05) is 5.32 Å². The molecule has 0 saturated heterocycles. The van der Waals surface area contributed by atoms with Gasteiger partial charge in [0, 0.05) is 21.0 Å². The predicted molar refractivity (Wildman–Crippen MR) is 87.3 cm³/mol. The predicted octanol–water partition coefficient (Wildman–Crippen LogP) is 3.99. The molecule has 0 aliphatic carbocycles. The van der Waals surface area contributed by atoms with Crippen molar-refractivity contribution in [3.8, 4) is 6.07 Å². The van der Waals surface area contributed by atoms with Crippen LogP contribution in [0.5, 0.6) is 0 Å². The smallest absolute Gasteiger partial charge is 0.205 e. The first-order valence-electron chi connectivity index (χ1n) is 5.93. The molecule has 1 N–H and O–H groups in total. The van der Waals surface area contributed by atoms with E-state index in [1.54, 1.807) is 18.2 Å². The molecule has 0 aromatic heterocycles. The van der Waals surface area contributed by atoms with Crippen molar-refractivity contribution in [1.82, 2.24) is 0 Å². The van der Waals surface area contributed by atoms with Gasteiger partial charge in [-0.05, 0) is 46.9 Å². The van der Waals surface area contributed by atoms with Gasteiger partial charge in [0.15, 0.2) is 0 Å². The molecule has 0 radical (unpaired) electrons. The Morgan fingerprint density at radius 1 is 1.15 bits per heavy atom. The Kier molecular flexibility index (Phi) is 4.91. The van der Waals surface area contributed by atoms with Crippen LogP contribution in [0.4, 0.5) is 5.69 Å². The van der Waals surface area contributed by atoms with Gasteiger partial charge in [0.1, 0.15) is 11.6 Å². The van der Waals surface area contributed by atoms with Crippen LogP contribution in [0, 0.1) is 14.9 Å². The van der Waals surface area contributed by atoms with E-state index >= 15 is 0 Å². The van der Waals surface area contributed by atoms with E-state index in [1.807, 2.05) is 42.5 Å². The Labute approximate surface area is 131 Å². The standard InChI is InChI=1S/C16H11IN2O/c17-14-6-4-5-12(9-14)16(20)13(10-18)11-19-15-7-2-1-3-8-15/h1-9,11,19H/b13-11+. The number of nitriles is 1. The van der Waals surface area contributed by atoms with E-state index in [0.717, 1.165) is 9.26 Å². The first-order chi connectivity index (χ1) is 9.70. The second kappa shape index (κ2) is 6.87. The minimum atomic E-state index is -0.283. The van der Waals surface area contributed by atoms with Crippen LogP contribution < -0.4 is 5.32 Å². The van der Waals surface area contributed by atoms with E-state index in [-0.39, 0.29) is 11.4 Å². The van der Waals surface area contributed by atoms with Crippen LogP contribution in [0.15, 0.2) is 66.4 Å². The molecule has 3 nitrogen and oxygen atoms in total. The molecule has 0 aliphatic heterocycles. The summed E-state index contributed by atoms with van der Waals surface area (Å²) in [6, 6.07) is 18.5. The number of para-hydroxylation sites is 1. The summed E-state index contributed by atoms with van der Waals surface area (Å²) >= 11 is 2.13. The number of benzene rings is 2. The van der Waals surface area contributed by atoms with Crippen molar-refractivity contribution in [3.05, 3.63) is 75.5 Å². The van der Waals surface area contributed by atoms with Gasteiger partial charge in [-0.25, -0.2) is 0 Å². The van der Waals surface area contributed by atoms with Crippen molar-refractivity contribution in [2.45, 2.75) is 0 Å². The van der Waals surface area contributed by atoms with Gasteiger partial charge in [0.05, 0.1) is 0 Å². The minimum Gasteiger partial charge on any atom is -0.360 e. The van der Waals surface area contributed by atoms with Crippen molar-refractivity contribution in [1.29, 1.82) is 5.26 Å². The Bertz CT molecular complexity index is 687. The molecule has 2 aromatic rings. The molecular formula is C16H11IN2O. The molecule has 0 spiro atoms. The van der Waals surface area contributed by atoms with Gasteiger partial charge in [0.25, 0.3) is 0 Å². The highest BCUT2D eigenvalue weighted by molar-refractivity contribution is 14.1. The van der Waals surface area contributed by atoms with Gasteiger partial charge in [-0.15, -0.1) is 0 Å². The van der Waals surface area contributed by atoms with Crippen LogP contribution in [0.1, 0.15) is 10.4 Å². The molecule has 0 saturated carbocycles. The number of ketones is 1. The van der Waals surface area contributed by atoms with Crippen LogP contribution >= 0.6 is 22.6 Å². The number of halogens is 1. The highest BCUT2D eigenvalue weighted by Crippen LogP contribution is 2.13. The summed E-state index contributed by atoms with van der Waals surface area (Å²) in [5.74, 6) is -0.283. The Balaban J connectivity index is 2.20. The largest absolute Gasteiger partial charge is 0.360 e. The number of carbonyl (C=O) groups is 1. The highest BCUT2D eigenvalue weighted by Gasteiger charge is 2.11. The Hall–Kier alpha value is -2.13. The number of rotatable bonds is 4. The molecule has 20 heavy (non-hydrogen) atoms. The number of hydrogen-bond acceptors (Lipinski definition) is 3. The number of hydrogen-bond donors (Lipinski definition) is 1. The third-order valence-electron chi connectivity index (χ3n) is 2.61. The quantitative estimate of drug-likeness (QED) is 0.381. The zero-order valence-electron chi connectivity index (χ0n) is 10.5. The maximum absolute atomic E-state index is 12.2. The molecule has 98 valence electrons. The average Bonchev–Trinajstić information content (AvgIpc) is 2.48.